The zero-order chi connectivity index (χ0) is 21.0. The molecule has 3 aromatic rings. The molecule has 4 nitrogen and oxygen atoms in total. The van der Waals surface area contributed by atoms with Gasteiger partial charge in [0.05, 0.1) is 20.9 Å². The fourth-order valence-electron chi connectivity index (χ4n) is 2.48. The molecule has 0 atom stereocenters. The highest BCUT2D eigenvalue weighted by atomic mass is 35.5. The summed E-state index contributed by atoms with van der Waals surface area (Å²) in [6.07, 6.45) is -10.4. The van der Waals surface area contributed by atoms with E-state index in [2.05, 4.69) is 21.8 Å². The Kier molecular flexibility index (Phi) is 5.01. The number of hydrogen-bond acceptors (Lipinski definition) is 3. The van der Waals surface area contributed by atoms with Crippen molar-refractivity contribution in [2.24, 2.45) is 4.99 Å². The Morgan fingerprint density at radius 1 is 0.929 bits per heavy atom. The zero-order valence-corrected chi connectivity index (χ0v) is 15.4. The van der Waals surface area contributed by atoms with Gasteiger partial charge >= 0.3 is 12.4 Å². The Hall–Kier alpha value is -2.04. The molecule has 3 rings (SSSR count). The van der Waals surface area contributed by atoms with E-state index < -0.39 is 40.5 Å². The Morgan fingerprint density at radius 3 is 1.96 bits per heavy atom. The van der Waals surface area contributed by atoms with Crippen molar-refractivity contribution in [2.45, 2.75) is 12.4 Å². The van der Waals surface area contributed by atoms with Crippen molar-refractivity contribution in [1.29, 1.82) is 0 Å². The highest BCUT2D eigenvalue weighted by Gasteiger charge is 2.42. The third kappa shape index (κ3) is 3.51. The summed E-state index contributed by atoms with van der Waals surface area (Å²) in [5.41, 5.74) is -4.37. The molecule has 13 heteroatoms. The summed E-state index contributed by atoms with van der Waals surface area (Å²) in [5, 5.41) is 2.89. The van der Waals surface area contributed by atoms with Gasteiger partial charge in [-0.05, 0) is 24.9 Å². The molecule has 0 saturated carbocycles. The van der Waals surface area contributed by atoms with Crippen molar-refractivity contribution in [3.8, 4) is 5.69 Å². The van der Waals surface area contributed by atoms with Crippen LogP contribution in [-0.2, 0) is 12.4 Å². The average Bonchev–Trinajstić information content (AvgIpc) is 2.88. The van der Waals surface area contributed by atoms with Crippen molar-refractivity contribution in [3.05, 3.63) is 44.7 Å². The summed E-state index contributed by atoms with van der Waals surface area (Å²) in [6, 6.07) is 2.83. The number of hydrogen-bond donors (Lipinski definition) is 0. The predicted octanol–water partition coefficient (Wildman–Crippen LogP) is 6.75. The molecule has 0 N–H and O–H groups in total. The number of fused-ring (bicyclic) bond motifs is 1. The summed E-state index contributed by atoms with van der Waals surface area (Å²) < 4.78 is 80.1. The van der Waals surface area contributed by atoms with Crippen LogP contribution in [0.3, 0.4) is 0 Å². The molecular formula is C15H5Cl3F6N4. The largest absolute Gasteiger partial charge is 0.434 e. The third-order valence-corrected chi connectivity index (χ3v) is 4.33. The van der Waals surface area contributed by atoms with Gasteiger partial charge in [-0.2, -0.15) is 31.4 Å². The van der Waals surface area contributed by atoms with Gasteiger partial charge < -0.3 is 0 Å². The maximum Gasteiger partial charge on any atom is 0.434 e. The molecule has 0 saturated heterocycles. The number of aliphatic imine (C=N–C) groups is 1. The molecule has 0 unspecified atom stereocenters. The van der Waals surface area contributed by atoms with Crippen LogP contribution in [-0.4, -0.2) is 21.5 Å². The van der Waals surface area contributed by atoms with E-state index in [1.54, 1.807) is 0 Å². The second kappa shape index (κ2) is 6.78. The van der Waals surface area contributed by atoms with Gasteiger partial charge in [-0.15, -0.1) is 0 Å². The van der Waals surface area contributed by atoms with E-state index in [1.165, 1.54) is 12.1 Å². The first-order valence-corrected chi connectivity index (χ1v) is 8.17. The molecule has 0 fully saturated rings. The molecule has 2 aromatic heterocycles. The molecule has 0 aliphatic carbocycles. The van der Waals surface area contributed by atoms with Crippen LogP contribution in [0.5, 0.6) is 0 Å². The van der Waals surface area contributed by atoms with E-state index in [9.17, 15) is 26.3 Å². The Bertz CT molecular complexity index is 1080. The highest BCUT2D eigenvalue weighted by molar-refractivity contribution is 6.40. The maximum absolute atomic E-state index is 13.4. The minimum atomic E-state index is -5.22. The van der Waals surface area contributed by atoms with Gasteiger partial charge in [0.15, 0.2) is 11.5 Å². The van der Waals surface area contributed by atoms with E-state index >= 15 is 0 Å². The Morgan fingerprint density at radius 2 is 1.50 bits per heavy atom. The van der Waals surface area contributed by atoms with Gasteiger partial charge in [0.25, 0.3) is 0 Å². The molecule has 0 aliphatic heterocycles. The smallest absolute Gasteiger partial charge is 0.244 e. The minimum Gasteiger partial charge on any atom is -0.244 e. The Balaban J connectivity index is 2.48. The van der Waals surface area contributed by atoms with Gasteiger partial charge in [0.1, 0.15) is 11.4 Å². The first-order chi connectivity index (χ1) is 12.8. The summed E-state index contributed by atoms with van der Waals surface area (Å²) in [6.45, 7) is 3.17. The zero-order valence-electron chi connectivity index (χ0n) is 13.1. The second-order valence-electron chi connectivity index (χ2n) is 5.36. The van der Waals surface area contributed by atoms with Crippen LogP contribution in [0.1, 0.15) is 11.4 Å². The standard InChI is InChI=1S/C15H5Cl3F6N4/c1-25-13-10-8(4-9(14(19,20)21)26-12(10)15(22,23)24)27-28(13)11-6(17)2-5(16)3-7(11)18/h2-4H,1H2. The fraction of sp³-hybridized carbons (Fsp3) is 0.133. The molecule has 0 amide bonds. The lowest BCUT2D eigenvalue weighted by molar-refractivity contribution is -0.149. The van der Waals surface area contributed by atoms with Gasteiger partial charge in [-0.1, -0.05) is 34.8 Å². The number of pyridine rings is 1. The van der Waals surface area contributed by atoms with E-state index in [4.69, 9.17) is 34.8 Å². The number of halogens is 9. The monoisotopic (exact) mass is 460 g/mol. The summed E-state index contributed by atoms with van der Waals surface area (Å²) in [4.78, 5) is 6.22. The first kappa shape index (κ1) is 20.7. The number of alkyl halides is 6. The SMILES string of the molecule is C=Nc1c2c(C(F)(F)F)nc(C(F)(F)F)cc2nn1-c1c(Cl)cc(Cl)cc1Cl. The lowest BCUT2D eigenvalue weighted by Gasteiger charge is -2.12. The molecule has 0 bridgehead atoms. The molecule has 0 spiro atoms. The van der Waals surface area contributed by atoms with Crippen LogP contribution in [0.15, 0.2) is 23.2 Å². The first-order valence-electron chi connectivity index (χ1n) is 7.04. The van der Waals surface area contributed by atoms with E-state index in [1.807, 2.05) is 0 Å². The van der Waals surface area contributed by atoms with Gasteiger partial charge in [0.2, 0.25) is 0 Å². The highest BCUT2D eigenvalue weighted by Crippen LogP contribution is 2.43. The van der Waals surface area contributed by atoms with Crippen molar-refractivity contribution < 1.29 is 26.3 Å². The van der Waals surface area contributed by atoms with Crippen LogP contribution in [0.2, 0.25) is 15.1 Å². The molecule has 148 valence electrons. The number of benzene rings is 1. The van der Waals surface area contributed by atoms with E-state index in [0.717, 1.165) is 4.68 Å². The van der Waals surface area contributed by atoms with E-state index in [-0.39, 0.29) is 20.8 Å². The van der Waals surface area contributed by atoms with Crippen molar-refractivity contribution in [1.82, 2.24) is 14.8 Å². The number of rotatable bonds is 2. The van der Waals surface area contributed by atoms with Crippen LogP contribution >= 0.6 is 34.8 Å². The lowest BCUT2D eigenvalue weighted by Crippen LogP contribution is -2.15. The number of nitrogens with zero attached hydrogens (tertiary/aromatic N) is 4. The van der Waals surface area contributed by atoms with Gasteiger partial charge in [-0.25, -0.2) is 14.7 Å². The third-order valence-electron chi connectivity index (χ3n) is 3.53. The normalized spacial score (nSPS) is 12.6. The quantitative estimate of drug-likeness (QED) is 0.313. The molecule has 28 heavy (non-hydrogen) atoms. The molecule has 0 aliphatic rings. The van der Waals surface area contributed by atoms with Crippen molar-refractivity contribution in [3.63, 3.8) is 0 Å². The molecular weight excluding hydrogens is 457 g/mol. The second-order valence-corrected chi connectivity index (χ2v) is 6.61. The topological polar surface area (TPSA) is 43.1 Å². The molecule has 0 radical (unpaired) electrons. The van der Waals surface area contributed by atoms with Crippen molar-refractivity contribution in [2.75, 3.05) is 0 Å². The minimum absolute atomic E-state index is 0.118. The summed E-state index contributed by atoms with van der Waals surface area (Å²) >= 11 is 17.9. The summed E-state index contributed by atoms with van der Waals surface area (Å²) in [5.74, 6) is -0.533. The van der Waals surface area contributed by atoms with Crippen molar-refractivity contribution >= 4 is 58.2 Å². The fourth-order valence-corrected chi connectivity index (χ4v) is 3.46. The Labute approximate surface area is 167 Å². The van der Waals surface area contributed by atoms with Crippen LogP contribution < -0.4 is 0 Å². The van der Waals surface area contributed by atoms with Crippen LogP contribution in [0.25, 0.3) is 16.6 Å². The molecule has 2 heterocycles. The van der Waals surface area contributed by atoms with E-state index in [0.29, 0.717) is 6.07 Å². The average molecular weight is 462 g/mol. The predicted molar refractivity (Wildman–Crippen MR) is 93.1 cm³/mol. The van der Waals surface area contributed by atoms with Gasteiger partial charge in [-0.3, -0.25) is 0 Å². The molecule has 1 aromatic carbocycles. The lowest BCUT2D eigenvalue weighted by atomic mass is 10.2. The van der Waals surface area contributed by atoms with Crippen LogP contribution in [0.4, 0.5) is 32.2 Å². The van der Waals surface area contributed by atoms with Gasteiger partial charge in [0, 0.05) is 5.02 Å². The summed E-state index contributed by atoms with van der Waals surface area (Å²) in [7, 11) is 0. The maximum atomic E-state index is 13.4. The van der Waals surface area contributed by atoms with Crippen LogP contribution in [0, 0.1) is 0 Å². The number of aromatic nitrogens is 3.